The van der Waals surface area contributed by atoms with Crippen molar-refractivity contribution >= 4 is 45.6 Å². The van der Waals surface area contributed by atoms with Gasteiger partial charge < -0.3 is 20.0 Å². The first-order valence-corrected chi connectivity index (χ1v) is 12.2. The van der Waals surface area contributed by atoms with E-state index in [0.29, 0.717) is 39.4 Å². The first-order chi connectivity index (χ1) is 16.4. The first-order valence-electron chi connectivity index (χ1n) is 11.8. The summed E-state index contributed by atoms with van der Waals surface area (Å²) in [6.45, 7) is 4.21. The van der Waals surface area contributed by atoms with Gasteiger partial charge in [0.2, 0.25) is 0 Å². The number of carboxylic acids is 1. The molecule has 0 radical (unpaired) electrons. The van der Waals surface area contributed by atoms with Crippen molar-refractivity contribution in [3.63, 3.8) is 0 Å². The summed E-state index contributed by atoms with van der Waals surface area (Å²) in [4.78, 5) is 33.9. The predicted molar refractivity (Wildman–Crippen MR) is 130 cm³/mol. The zero-order valence-electron chi connectivity index (χ0n) is 19.0. The molecular formula is C24H26ClN7O2. The minimum atomic E-state index is -0.723. The lowest BCUT2D eigenvalue weighted by Gasteiger charge is -2.47. The Morgan fingerprint density at radius 3 is 2.71 bits per heavy atom. The predicted octanol–water partition coefficient (Wildman–Crippen LogP) is 4.91. The van der Waals surface area contributed by atoms with Gasteiger partial charge in [0.15, 0.2) is 11.5 Å². The standard InChI is InChI=1S/C24H26ClN7O2/c1-11(2)32-8-7-14-20(29-18-13-5-3-12(4-6-13)17(18)24(33)34)30-21(31-23(14)32)15-9-26-22-19(15)28-16(25)10-27-22/h7-13,17-18H,3-6H2,1-2H3,(H,26,27)(H,33,34)(H,29,30,31). The Morgan fingerprint density at radius 1 is 1.21 bits per heavy atom. The lowest BCUT2D eigenvalue weighted by atomic mass is 9.61. The number of hydrogen-bond donors (Lipinski definition) is 3. The fourth-order valence-corrected chi connectivity index (χ4v) is 6.02. The molecule has 10 heteroatoms. The molecule has 3 N–H and O–H groups in total. The molecule has 176 valence electrons. The van der Waals surface area contributed by atoms with Gasteiger partial charge >= 0.3 is 5.97 Å². The summed E-state index contributed by atoms with van der Waals surface area (Å²) in [5.41, 5.74) is 2.69. The van der Waals surface area contributed by atoms with Gasteiger partial charge in [-0.2, -0.15) is 0 Å². The van der Waals surface area contributed by atoms with E-state index >= 15 is 0 Å². The minimum Gasteiger partial charge on any atom is -0.481 e. The molecule has 0 aromatic carbocycles. The van der Waals surface area contributed by atoms with Gasteiger partial charge in [0.1, 0.15) is 22.1 Å². The zero-order chi connectivity index (χ0) is 23.6. The van der Waals surface area contributed by atoms with E-state index in [1.54, 1.807) is 6.20 Å². The van der Waals surface area contributed by atoms with Crippen molar-refractivity contribution in [2.45, 2.75) is 51.6 Å². The summed E-state index contributed by atoms with van der Waals surface area (Å²) in [5.74, 6) is 0.552. The molecule has 34 heavy (non-hydrogen) atoms. The largest absolute Gasteiger partial charge is 0.481 e. The van der Waals surface area contributed by atoms with Crippen LogP contribution in [-0.4, -0.2) is 46.6 Å². The summed E-state index contributed by atoms with van der Waals surface area (Å²) in [7, 11) is 0. The van der Waals surface area contributed by atoms with Crippen LogP contribution in [0.4, 0.5) is 5.82 Å². The van der Waals surface area contributed by atoms with Crippen LogP contribution in [0.15, 0.2) is 24.7 Å². The lowest BCUT2D eigenvalue weighted by molar-refractivity contribution is -0.148. The highest BCUT2D eigenvalue weighted by molar-refractivity contribution is 6.29. The Labute approximate surface area is 201 Å². The Balaban J connectivity index is 1.51. The summed E-state index contributed by atoms with van der Waals surface area (Å²) in [6.07, 6.45) is 9.37. The number of aromatic nitrogens is 6. The van der Waals surface area contributed by atoms with Crippen molar-refractivity contribution in [3.8, 4) is 11.4 Å². The number of aromatic amines is 1. The second-order valence-electron chi connectivity index (χ2n) is 9.75. The van der Waals surface area contributed by atoms with Gasteiger partial charge in [0, 0.05) is 24.5 Å². The zero-order valence-corrected chi connectivity index (χ0v) is 19.8. The molecule has 4 aromatic heterocycles. The van der Waals surface area contributed by atoms with Crippen LogP contribution < -0.4 is 5.32 Å². The number of anilines is 1. The number of carbonyl (C=O) groups is 1. The van der Waals surface area contributed by atoms with Gasteiger partial charge in [-0.15, -0.1) is 0 Å². The number of rotatable bonds is 5. The van der Waals surface area contributed by atoms with E-state index in [-0.39, 0.29) is 18.0 Å². The Bertz CT molecular complexity index is 1400. The van der Waals surface area contributed by atoms with Crippen molar-refractivity contribution in [1.29, 1.82) is 0 Å². The van der Waals surface area contributed by atoms with Gasteiger partial charge in [-0.1, -0.05) is 11.6 Å². The molecule has 9 nitrogen and oxygen atoms in total. The molecule has 3 aliphatic carbocycles. The summed E-state index contributed by atoms with van der Waals surface area (Å²) >= 11 is 6.12. The fourth-order valence-electron chi connectivity index (χ4n) is 5.89. The molecule has 0 saturated heterocycles. The van der Waals surface area contributed by atoms with E-state index in [2.05, 4.69) is 38.7 Å². The van der Waals surface area contributed by atoms with E-state index in [0.717, 1.165) is 36.7 Å². The molecule has 3 fully saturated rings. The molecule has 2 unspecified atom stereocenters. The van der Waals surface area contributed by atoms with Crippen molar-refractivity contribution in [2.75, 3.05) is 5.32 Å². The van der Waals surface area contributed by atoms with Crippen molar-refractivity contribution in [1.82, 2.24) is 29.5 Å². The van der Waals surface area contributed by atoms with Gasteiger partial charge in [-0.05, 0) is 57.4 Å². The highest BCUT2D eigenvalue weighted by Gasteiger charge is 2.47. The Kier molecular flexibility index (Phi) is 4.98. The van der Waals surface area contributed by atoms with Crippen LogP contribution in [0.1, 0.15) is 45.6 Å². The average Bonchev–Trinajstić information content (AvgIpc) is 3.43. The van der Waals surface area contributed by atoms with Crippen LogP contribution in [-0.2, 0) is 4.79 Å². The summed E-state index contributed by atoms with van der Waals surface area (Å²) in [6, 6.07) is 2.04. The number of fused-ring (bicyclic) bond motifs is 5. The molecule has 3 saturated carbocycles. The van der Waals surface area contributed by atoms with E-state index < -0.39 is 11.9 Å². The highest BCUT2D eigenvalue weighted by Crippen LogP contribution is 2.46. The van der Waals surface area contributed by atoms with Crippen molar-refractivity contribution in [3.05, 3.63) is 29.8 Å². The second kappa shape index (κ2) is 7.94. The molecular weight excluding hydrogens is 454 g/mol. The monoisotopic (exact) mass is 479 g/mol. The lowest BCUT2D eigenvalue weighted by Crippen LogP contribution is -2.51. The molecule has 0 spiro atoms. The second-order valence-corrected chi connectivity index (χ2v) is 10.1. The quantitative estimate of drug-likeness (QED) is 0.372. The maximum Gasteiger partial charge on any atom is 0.308 e. The molecule has 4 heterocycles. The summed E-state index contributed by atoms with van der Waals surface area (Å²) < 4.78 is 2.10. The number of nitrogens with one attached hydrogen (secondary N) is 2. The van der Waals surface area contributed by atoms with Crippen LogP contribution in [0, 0.1) is 17.8 Å². The van der Waals surface area contributed by atoms with Crippen LogP contribution >= 0.6 is 11.6 Å². The van der Waals surface area contributed by atoms with E-state index in [9.17, 15) is 9.90 Å². The van der Waals surface area contributed by atoms with E-state index in [1.165, 1.54) is 6.20 Å². The third-order valence-corrected chi connectivity index (χ3v) is 7.71. The van der Waals surface area contributed by atoms with E-state index in [1.807, 2.05) is 12.3 Å². The summed E-state index contributed by atoms with van der Waals surface area (Å²) in [5, 5.41) is 14.8. The molecule has 3 aliphatic rings. The first kappa shape index (κ1) is 21.3. The third kappa shape index (κ3) is 3.33. The number of nitrogens with zero attached hydrogens (tertiary/aromatic N) is 5. The number of halogens is 1. The fraction of sp³-hybridized carbons (Fsp3) is 0.458. The number of carboxylic acid groups (broad SMARTS) is 1. The normalized spacial score (nSPS) is 24.4. The van der Waals surface area contributed by atoms with Crippen LogP contribution in [0.3, 0.4) is 0 Å². The number of hydrogen-bond acceptors (Lipinski definition) is 6. The SMILES string of the molecule is CC(C)n1ccc2c(NC3C4CCC(CC4)C3C(=O)O)nc(-c3c[nH]c4ncc(Cl)nc34)nc21. The number of aliphatic carboxylic acids is 1. The molecule has 2 atom stereocenters. The van der Waals surface area contributed by atoms with Gasteiger partial charge in [-0.25, -0.2) is 19.9 Å². The van der Waals surface area contributed by atoms with Crippen LogP contribution in [0.25, 0.3) is 33.6 Å². The highest BCUT2D eigenvalue weighted by atomic mass is 35.5. The smallest absolute Gasteiger partial charge is 0.308 e. The van der Waals surface area contributed by atoms with Crippen LogP contribution in [0.2, 0.25) is 5.15 Å². The van der Waals surface area contributed by atoms with Crippen molar-refractivity contribution in [2.24, 2.45) is 17.8 Å². The Hall–Kier alpha value is -3.20. The third-order valence-electron chi connectivity index (χ3n) is 7.53. The van der Waals surface area contributed by atoms with Crippen molar-refractivity contribution < 1.29 is 9.90 Å². The molecule has 2 bridgehead atoms. The maximum absolute atomic E-state index is 12.2. The molecule has 0 amide bonds. The van der Waals surface area contributed by atoms with Gasteiger partial charge in [0.05, 0.1) is 23.1 Å². The van der Waals surface area contributed by atoms with Gasteiger partial charge in [-0.3, -0.25) is 4.79 Å². The Morgan fingerprint density at radius 2 is 1.97 bits per heavy atom. The van der Waals surface area contributed by atoms with Crippen LogP contribution in [0.5, 0.6) is 0 Å². The minimum absolute atomic E-state index is 0.157. The average molecular weight is 480 g/mol. The molecule has 4 aromatic rings. The molecule has 0 aliphatic heterocycles. The maximum atomic E-state index is 12.2. The molecule has 7 rings (SSSR count). The van der Waals surface area contributed by atoms with E-state index in [4.69, 9.17) is 21.6 Å². The van der Waals surface area contributed by atoms with Gasteiger partial charge in [0.25, 0.3) is 0 Å². The topological polar surface area (TPSA) is 122 Å². The number of H-pyrrole nitrogens is 1.